The molecule has 0 aromatic rings. The van der Waals surface area contributed by atoms with Gasteiger partial charge in [-0.15, -0.1) is 0 Å². The van der Waals surface area contributed by atoms with Gasteiger partial charge in [0.25, 0.3) is 0 Å². The van der Waals surface area contributed by atoms with Crippen LogP contribution in [0.3, 0.4) is 0 Å². The Morgan fingerprint density at radius 3 is 2.31 bits per heavy atom. The molecule has 0 unspecified atom stereocenters. The summed E-state index contributed by atoms with van der Waals surface area (Å²) in [6.45, 7) is 2.88. The van der Waals surface area contributed by atoms with Crippen LogP contribution in [-0.4, -0.2) is 86.1 Å². The van der Waals surface area contributed by atoms with E-state index >= 15 is 0 Å². The van der Waals surface area contributed by atoms with Crippen molar-refractivity contribution in [3.8, 4) is 0 Å². The van der Waals surface area contributed by atoms with E-state index in [-0.39, 0.29) is 0 Å². The first-order valence-corrected chi connectivity index (χ1v) is 9.47. The molecule has 2 amide bonds. The van der Waals surface area contributed by atoms with E-state index in [1.165, 1.54) is 6.92 Å². The van der Waals surface area contributed by atoms with Gasteiger partial charge in [-0.2, -0.15) is 0 Å². The first kappa shape index (κ1) is 22.9. The van der Waals surface area contributed by atoms with Crippen molar-refractivity contribution >= 4 is 19.4 Å². The molecule has 13 heteroatoms. The first-order valence-electron chi connectivity index (χ1n) is 7.79. The molecule has 0 aromatic carbocycles. The van der Waals surface area contributed by atoms with Crippen LogP contribution >= 0.6 is 7.60 Å². The van der Waals surface area contributed by atoms with Gasteiger partial charge in [-0.1, -0.05) is 0 Å². The van der Waals surface area contributed by atoms with Crippen LogP contribution < -0.4 is 10.6 Å². The second-order valence-electron chi connectivity index (χ2n) is 5.98. The van der Waals surface area contributed by atoms with E-state index in [1.54, 1.807) is 0 Å². The van der Waals surface area contributed by atoms with Crippen molar-refractivity contribution in [2.24, 2.45) is 0 Å². The second kappa shape index (κ2) is 9.20. The zero-order chi connectivity index (χ0) is 20.2. The Morgan fingerprint density at radius 1 is 1.27 bits per heavy atom. The maximum atomic E-state index is 12.1. The fourth-order valence-electron chi connectivity index (χ4n) is 2.34. The molecule has 0 spiro atoms. The van der Waals surface area contributed by atoms with Gasteiger partial charge in [0, 0.05) is 6.92 Å². The minimum absolute atomic E-state index is 0.562. The van der Waals surface area contributed by atoms with Gasteiger partial charge in [0.2, 0.25) is 11.8 Å². The van der Waals surface area contributed by atoms with Gasteiger partial charge >= 0.3 is 7.60 Å². The van der Waals surface area contributed by atoms with Crippen LogP contribution in [-0.2, 0) is 23.6 Å². The topological polar surface area (TPSA) is 195 Å². The van der Waals surface area contributed by atoms with E-state index in [0.717, 1.165) is 13.8 Å². The summed E-state index contributed by atoms with van der Waals surface area (Å²) in [5.41, 5.74) is 0. The molecular weight excluding hydrogens is 375 g/mol. The summed E-state index contributed by atoms with van der Waals surface area (Å²) >= 11 is 0. The van der Waals surface area contributed by atoms with Crippen molar-refractivity contribution in [1.29, 1.82) is 0 Å². The molecule has 1 saturated heterocycles. The van der Waals surface area contributed by atoms with Crippen molar-refractivity contribution < 1.29 is 48.7 Å². The van der Waals surface area contributed by atoms with Crippen molar-refractivity contribution in [2.45, 2.75) is 63.3 Å². The Morgan fingerprint density at radius 2 is 1.85 bits per heavy atom. The average molecular weight is 400 g/mol. The highest BCUT2D eigenvalue weighted by Gasteiger charge is 2.47. The smallest absolute Gasteiger partial charge is 0.347 e. The molecule has 0 aliphatic carbocycles. The summed E-state index contributed by atoms with van der Waals surface area (Å²) in [6.07, 6.45) is -6.96. The van der Waals surface area contributed by atoms with E-state index < -0.39 is 68.5 Å². The molecule has 1 aliphatic rings. The van der Waals surface area contributed by atoms with Gasteiger partial charge in [0.15, 0.2) is 6.29 Å². The van der Waals surface area contributed by atoms with Gasteiger partial charge in [-0.05, 0) is 13.8 Å². The number of hydrogen-bond acceptors (Lipinski definition) is 8. The fourth-order valence-corrected chi connectivity index (χ4v) is 2.64. The van der Waals surface area contributed by atoms with Gasteiger partial charge in [0.05, 0.1) is 6.61 Å². The maximum Gasteiger partial charge on any atom is 0.347 e. The summed E-state index contributed by atoms with van der Waals surface area (Å²) in [4.78, 5) is 41.4. The molecule has 1 heterocycles. The summed E-state index contributed by atoms with van der Waals surface area (Å²) in [6, 6.07) is -1.24. The Kier molecular flexibility index (Phi) is 8.11. The number of carbonyl (C=O) groups is 2. The molecule has 1 fully saturated rings. The highest BCUT2D eigenvalue weighted by Crippen LogP contribution is 2.39. The van der Waals surface area contributed by atoms with E-state index in [4.69, 9.17) is 19.3 Å². The van der Waals surface area contributed by atoms with E-state index in [2.05, 4.69) is 10.6 Å². The van der Waals surface area contributed by atoms with Crippen LogP contribution in [0.25, 0.3) is 0 Å². The molecule has 12 nitrogen and oxygen atoms in total. The Balaban J connectivity index is 2.90. The number of carbonyl (C=O) groups excluding carboxylic acids is 2. The van der Waals surface area contributed by atoms with Gasteiger partial charge in [-0.25, -0.2) is 0 Å². The maximum absolute atomic E-state index is 12.1. The number of ether oxygens (including phenoxy) is 2. The van der Waals surface area contributed by atoms with Crippen LogP contribution in [0.2, 0.25) is 0 Å². The molecule has 7 N–H and O–H groups in total. The number of hydrogen-bond donors (Lipinski definition) is 7. The predicted molar refractivity (Wildman–Crippen MR) is 85.6 cm³/mol. The molecule has 26 heavy (non-hydrogen) atoms. The third kappa shape index (κ3) is 5.96. The Bertz CT molecular complexity index is 555. The zero-order valence-electron chi connectivity index (χ0n) is 14.5. The molecular formula is C13H25N2O10P. The lowest BCUT2D eigenvalue weighted by molar-refractivity contribution is -0.266. The van der Waals surface area contributed by atoms with Crippen molar-refractivity contribution in [1.82, 2.24) is 10.6 Å². The average Bonchev–Trinajstić information content (AvgIpc) is 2.52. The minimum Gasteiger partial charge on any atom is -0.394 e. The van der Waals surface area contributed by atoms with E-state index in [9.17, 15) is 29.5 Å². The number of aliphatic hydroxyl groups excluding tert-OH is 3. The largest absolute Gasteiger partial charge is 0.394 e. The molecule has 7 atom stereocenters. The number of nitrogens with one attached hydrogen (secondary N) is 2. The number of aliphatic hydroxyl groups is 3. The van der Waals surface area contributed by atoms with Crippen molar-refractivity contribution in [3.05, 3.63) is 0 Å². The third-order valence-corrected chi connectivity index (χ3v) is 4.97. The molecule has 0 saturated carbocycles. The normalized spacial score (nSPS) is 31.8. The lowest BCUT2D eigenvalue weighted by Gasteiger charge is -2.43. The first-order chi connectivity index (χ1) is 11.9. The lowest BCUT2D eigenvalue weighted by atomic mass is 9.96. The lowest BCUT2D eigenvalue weighted by Crippen LogP contribution is -2.65. The standard InChI is InChI=1S/C13H25N2O10P/c1-5(12(19)15-7(3)26(21,22)23)24-11-9(14-6(2)17)13(20)25-8(4-16)10(11)18/h5,7-11,13,16,18,20H,4H2,1-3H3,(H,14,17)(H,15,19)(H2,21,22,23)/t5-,7-,8-,9-,10-,11-,13+/m1/s1. The van der Waals surface area contributed by atoms with Crippen LogP contribution in [0.15, 0.2) is 0 Å². The van der Waals surface area contributed by atoms with Crippen molar-refractivity contribution in [2.75, 3.05) is 6.61 Å². The molecule has 0 radical (unpaired) electrons. The van der Waals surface area contributed by atoms with Crippen LogP contribution in [0, 0.1) is 0 Å². The second-order valence-corrected chi connectivity index (χ2v) is 7.93. The molecule has 1 rings (SSSR count). The SMILES string of the molecule is CC(=O)N[C@@H]1[C@@H](O[C@H](C)C(=O)N[C@@H](C)P(=O)(O)O)[C@H](O)[C@@H](CO)O[C@@H]1O. The van der Waals surface area contributed by atoms with Gasteiger partial charge in [0.1, 0.15) is 36.2 Å². The molecule has 1 aliphatic heterocycles. The minimum atomic E-state index is -4.55. The summed E-state index contributed by atoms with van der Waals surface area (Å²) in [5.74, 6) is -2.90. The van der Waals surface area contributed by atoms with E-state index in [0.29, 0.717) is 0 Å². The van der Waals surface area contributed by atoms with Crippen molar-refractivity contribution in [3.63, 3.8) is 0 Å². The number of rotatable bonds is 7. The predicted octanol–water partition coefficient (Wildman–Crippen LogP) is -3.02. The highest BCUT2D eigenvalue weighted by atomic mass is 31.2. The zero-order valence-corrected chi connectivity index (χ0v) is 15.4. The monoisotopic (exact) mass is 400 g/mol. The van der Waals surface area contributed by atoms with Gasteiger partial charge in [-0.3, -0.25) is 14.2 Å². The van der Waals surface area contributed by atoms with Crippen LogP contribution in [0.1, 0.15) is 20.8 Å². The van der Waals surface area contributed by atoms with E-state index in [1.807, 2.05) is 0 Å². The molecule has 152 valence electrons. The summed E-state index contributed by atoms with van der Waals surface area (Å²) in [5, 5.41) is 33.8. The quantitative estimate of drug-likeness (QED) is 0.216. The highest BCUT2D eigenvalue weighted by molar-refractivity contribution is 7.52. The molecule has 0 aromatic heterocycles. The third-order valence-electron chi connectivity index (χ3n) is 3.83. The van der Waals surface area contributed by atoms with Gasteiger partial charge < -0.3 is 45.2 Å². The Hall–Kier alpha value is -1.11. The molecule has 0 bridgehead atoms. The summed E-state index contributed by atoms with van der Waals surface area (Å²) in [7, 11) is -4.55. The summed E-state index contributed by atoms with van der Waals surface area (Å²) < 4.78 is 21.5. The Labute approximate surface area is 149 Å². The van der Waals surface area contributed by atoms with Crippen LogP contribution in [0.4, 0.5) is 0 Å². The number of amides is 2. The van der Waals surface area contributed by atoms with Crippen LogP contribution in [0.5, 0.6) is 0 Å². The fraction of sp³-hybridized carbons (Fsp3) is 0.846.